The number of amides is 1. The maximum absolute atomic E-state index is 12.5. The third-order valence-corrected chi connectivity index (χ3v) is 5.53. The molecule has 1 aromatic heterocycles. The maximum Gasteiger partial charge on any atom is 0.253 e. The number of nitrogens with zero attached hydrogens (tertiary/aromatic N) is 2. The van der Waals surface area contributed by atoms with E-state index in [0.717, 1.165) is 49.1 Å². The summed E-state index contributed by atoms with van der Waals surface area (Å²) in [6.45, 7) is 6.22. The molecule has 1 aliphatic rings. The van der Waals surface area contributed by atoms with Gasteiger partial charge in [0.25, 0.3) is 5.91 Å². The van der Waals surface area contributed by atoms with E-state index < -0.39 is 0 Å². The fraction of sp³-hybridized carbons (Fsp3) is 0.458. The number of carbonyl (C=O) groups is 1. The first-order valence-electron chi connectivity index (χ1n) is 10.5. The molecule has 2 aromatic rings. The van der Waals surface area contributed by atoms with E-state index in [1.807, 2.05) is 37.3 Å². The average molecular weight is 392 g/mol. The van der Waals surface area contributed by atoms with Crippen LogP contribution in [0.15, 0.2) is 36.5 Å². The van der Waals surface area contributed by atoms with Crippen molar-refractivity contribution in [3.8, 4) is 11.8 Å². The van der Waals surface area contributed by atoms with Gasteiger partial charge in [-0.15, -0.1) is 0 Å². The van der Waals surface area contributed by atoms with Crippen molar-refractivity contribution in [2.45, 2.75) is 70.9 Å². The van der Waals surface area contributed by atoms with Gasteiger partial charge in [-0.1, -0.05) is 20.8 Å². The molecule has 1 saturated carbocycles. The van der Waals surface area contributed by atoms with Gasteiger partial charge in [-0.2, -0.15) is 5.26 Å². The molecule has 152 valence electrons. The summed E-state index contributed by atoms with van der Waals surface area (Å²) < 4.78 is 6.14. The molecule has 0 unspecified atom stereocenters. The van der Waals surface area contributed by atoms with Crippen molar-refractivity contribution in [1.82, 2.24) is 10.3 Å². The number of benzene rings is 1. The van der Waals surface area contributed by atoms with Crippen LogP contribution in [0.3, 0.4) is 0 Å². The number of carbonyl (C=O) groups excluding carboxylic acids is 1. The summed E-state index contributed by atoms with van der Waals surface area (Å²) in [6, 6.07) is 11.8. The highest BCUT2D eigenvalue weighted by Gasteiger charge is 2.24. The predicted molar refractivity (Wildman–Crippen MR) is 113 cm³/mol. The average Bonchev–Trinajstić information content (AvgIpc) is 2.75. The topological polar surface area (TPSA) is 75.0 Å². The Bertz CT molecular complexity index is 876. The Morgan fingerprint density at radius 1 is 1.24 bits per heavy atom. The molecule has 0 spiro atoms. The van der Waals surface area contributed by atoms with Crippen molar-refractivity contribution in [2.75, 3.05) is 0 Å². The molecule has 0 aliphatic heterocycles. The molecule has 1 amide bonds. The Morgan fingerprint density at radius 3 is 2.59 bits per heavy atom. The molecule has 1 aliphatic carbocycles. The van der Waals surface area contributed by atoms with Gasteiger partial charge in [-0.3, -0.25) is 9.78 Å². The molecule has 3 rings (SSSR count). The quantitative estimate of drug-likeness (QED) is 0.770. The molecule has 0 saturated heterocycles. The Balaban J connectivity index is 1.50. The molecule has 1 N–H and O–H groups in total. The van der Waals surface area contributed by atoms with Gasteiger partial charge >= 0.3 is 0 Å². The standard InChI is InChI=1S/C24H29N3O2/c1-4-17-13-22(9-5-18(17)14-25)29-21-10-7-20(8-11-21)27-24(28)19-6-12-23(16(2)3)26-15-19/h5-6,9,12-13,15-16,20-21H,4,7-8,10-11H2,1-3H3,(H,27,28). The lowest BCUT2D eigenvalue weighted by Crippen LogP contribution is -2.39. The second-order valence-corrected chi connectivity index (χ2v) is 7.98. The van der Waals surface area contributed by atoms with Crippen LogP contribution in [0.25, 0.3) is 0 Å². The molecule has 1 heterocycles. The van der Waals surface area contributed by atoms with Crippen LogP contribution in [-0.4, -0.2) is 23.0 Å². The van der Waals surface area contributed by atoms with Crippen LogP contribution < -0.4 is 10.1 Å². The smallest absolute Gasteiger partial charge is 0.253 e. The van der Waals surface area contributed by atoms with Gasteiger partial charge in [-0.25, -0.2) is 0 Å². The number of aromatic nitrogens is 1. The van der Waals surface area contributed by atoms with Crippen LogP contribution in [0.5, 0.6) is 5.75 Å². The van der Waals surface area contributed by atoms with E-state index in [0.29, 0.717) is 17.0 Å². The fourth-order valence-corrected chi connectivity index (χ4v) is 3.71. The zero-order valence-corrected chi connectivity index (χ0v) is 17.4. The summed E-state index contributed by atoms with van der Waals surface area (Å²) in [5.74, 6) is 1.12. The van der Waals surface area contributed by atoms with Crippen LogP contribution in [0.2, 0.25) is 0 Å². The summed E-state index contributed by atoms with van der Waals surface area (Å²) >= 11 is 0. The monoisotopic (exact) mass is 391 g/mol. The number of nitriles is 1. The van der Waals surface area contributed by atoms with Crippen LogP contribution in [0, 0.1) is 11.3 Å². The number of rotatable bonds is 6. The van der Waals surface area contributed by atoms with E-state index in [-0.39, 0.29) is 18.1 Å². The SMILES string of the molecule is CCc1cc(OC2CCC(NC(=O)c3ccc(C(C)C)nc3)CC2)ccc1C#N. The van der Waals surface area contributed by atoms with Crippen LogP contribution in [0.4, 0.5) is 0 Å². The van der Waals surface area contributed by atoms with E-state index in [1.165, 1.54) is 0 Å². The Kier molecular flexibility index (Phi) is 6.87. The number of nitrogens with one attached hydrogen (secondary N) is 1. The van der Waals surface area contributed by atoms with Crippen molar-refractivity contribution in [3.63, 3.8) is 0 Å². The summed E-state index contributed by atoms with van der Waals surface area (Å²) in [7, 11) is 0. The molecule has 0 radical (unpaired) electrons. The van der Waals surface area contributed by atoms with Crippen molar-refractivity contribution >= 4 is 5.91 Å². The highest BCUT2D eigenvalue weighted by atomic mass is 16.5. The number of hydrogen-bond acceptors (Lipinski definition) is 4. The van der Waals surface area contributed by atoms with Gasteiger partial charge in [0.1, 0.15) is 5.75 Å². The number of aryl methyl sites for hydroxylation is 1. The number of ether oxygens (including phenoxy) is 1. The molecule has 29 heavy (non-hydrogen) atoms. The highest BCUT2D eigenvalue weighted by molar-refractivity contribution is 5.94. The van der Waals surface area contributed by atoms with E-state index in [1.54, 1.807) is 6.20 Å². The Hall–Kier alpha value is -2.87. The van der Waals surface area contributed by atoms with Crippen LogP contribution >= 0.6 is 0 Å². The van der Waals surface area contributed by atoms with E-state index >= 15 is 0 Å². The van der Waals surface area contributed by atoms with Gasteiger partial charge in [0.2, 0.25) is 0 Å². The van der Waals surface area contributed by atoms with Gasteiger partial charge in [-0.05, 0) is 73.9 Å². The molecule has 1 aromatic carbocycles. The van der Waals surface area contributed by atoms with Crippen molar-refractivity contribution in [3.05, 3.63) is 58.9 Å². The molecule has 0 atom stereocenters. The van der Waals surface area contributed by atoms with E-state index in [2.05, 4.69) is 30.2 Å². The fourth-order valence-electron chi connectivity index (χ4n) is 3.71. The largest absolute Gasteiger partial charge is 0.490 e. The predicted octanol–water partition coefficient (Wildman–Crippen LogP) is 4.76. The minimum atomic E-state index is -0.0585. The summed E-state index contributed by atoms with van der Waals surface area (Å²) in [4.78, 5) is 16.9. The third kappa shape index (κ3) is 5.35. The Labute approximate surface area is 173 Å². The molecule has 0 bridgehead atoms. The highest BCUT2D eigenvalue weighted by Crippen LogP contribution is 2.26. The number of pyridine rings is 1. The van der Waals surface area contributed by atoms with Gasteiger partial charge in [0.05, 0.1) is 23.3 Å². The number of hydrogen-bond donors (Lipinski definition) is 1. The van der Waals surface area contributed by atoms with Crippen LogP contribution in [-0.2, 0) is 6.42 Å². The van der Waals surface area contributed by atoms with E-state index in [9.17, 15) is 4.79 Å². The maximum atomic E-state index is 12.5. The summed E-state index contributed by atoms with van der Waals surface area (Å²) in [6.07, 6.45) is 6.21. The summed E-state index contributed by atoms with van der Waals surface area (Å²) in [5, 5.41) is 12.3. The zero-order chi connectivity index (χ0) is 20.8. The van der Waals surface area contributed by atoms with Gasteiger partial charge in [0, 0.05) is 17.9 Å². The third-order valence-electron chi connectivity index (χ3n) is 5.53. The first kappa shape index (κ1) is 20.9. The van der Waals surface area contributed by atoms with Gasteiger partial charge in [0.15, 0.2) is 0 Å². The van der Waals surface area contributed by atoms with Gasteiger partial charge < -0.3 is 10.1 Å². The zero-order valence-electron chi connectivity index (χ0n) is 17.4. The van der Waals surface area contributed by atoms with Crippen LogP contribution in [0.1, 0.15) is 79.6 Å². The normalized spacial score (nSPS) is 18.9. The lowest BCUT2D eigenvalue weighted by Gasteiger charge is -2.29. The second-order valence-electron chi connectivity index (χ2n) is 7.98. The lowest BCUT2D eigenvalue weighted by molar-refractivity contribution is 0.0893. The minimum absolute atomic E-state index is 0.0585. The first-order valence-corrected chi connectivity index (χ1v) is 10.5. The van der Waals surface area contributed by atoms with E-state index in [4.69, 9.17) is 10.00 Å². The minimum Gasteiger partial charge on any atom is -0.490 e. The molecular formula is C24H29N3O2. The lowest BCUT2D eigenvalue weighted by atomic mass is 9.92. The second kappa shape index (κ2) is 9.56. The van der Waals surface area contributed by atoms with Crippen molar-refractivity contribution < 1.29 is 9.53 Å². The summed E-state index contributed by atoms with van der Waals surface area (Å²) in [5.41, 5.74) is 3.33. The molecular weight excluding hydrogens is 362 g/mol. The Morgan fingerprint density at radius 2 is 2.00 bits per heavy atom. The molecule has 5 nitrogen and oxygen atoms in total. The molecule has 5 heteroatoms. The van der Waals surface area contributed by atoms with Crippen molar-refractivity contribution in [1.29, 1.82) is 5.26 Å². The molecule has 1 fully saturated rings. The van der Waals surface area contributed by atoms with Crippen molar-refractivity contribution in [2.24, 2.45) is 0 Å². The first-order chi connectivity index (χ1) is 14.0.